The Morgan fingerprint density at radius 2 is 1.68 bits per heavy atom. The van der Waals surface area contributed by atoms with Crippen LogP contribution >= 0.6 is 23.4 Å². The quantitative estimate of drug-likeness (QED) is 0.236. The van der Waals surface area contributed by atoms with Gasteiger partial charge in [0.1, 0.15) is 17.4 Å². The van der Waals surface area contributed by atoms with E-state index < -0.39 is 29.8 Å². The highest BCUT2D eigenvalue weighted by Crippen LogP contribution is 2.40. The third-order valence-electron chi connectivity index (χ3n) is 5.83. The van der Waals surface area contributed by atoms with Gasteiger partial charge in [0.15, 0.2) is 0 Å². The van der Waals surface area contributed by atoms with Crippen molar-refractivity contribution in [1.29, 1.82) is 5.26 Å². The van der Waals surface area contributed by atoms with Crippen molar-refractivity contribution in [2.75, 3.05) is 11.1 Å². The van der Waals surface area contributed by atoms with Gasteiger partial charge in [-0.2, -0.15) is 5.26 Å². The number of carbonyl (C=O) groups is 3. The van der Waals surface area contributed by atoms with Crippen molar-refractivity contribution >= 4 is 46.8 Å². The van der Waals surface area contributed by atoms with E-state index >= 15 is 0 Å². The highest BCUT2D eigenvalue weighted by Gasteiger charge is 2.44. The number of nitrogens with one attached hydrogen (secondary N) is 2. The Morgan fingerprint density at radius 3 is 2.30 bits per heavy atom. The highest BCUT2D eigenvalue weighted by molar-refractivity contribution is 8.03. The fourth-order valence-electron chi connectivity index (χ4n) is 4.09. The van der Waals surface area contributed by atoms with Gasteiger partial charge in [0, 0.05) is 16.6 Å². The lowest BCUT2D eigenvalue weighted by molar-refractivity contribution is -0.156. The molecule has 0 aromatic heterocycles. The standard InChI is InChI=1S/C30H26ClN3O5S/c1-18(2)38-30(37)27-26(19-8-10-20(31)11-9-19)24(16-32)29(34-28(27)36)40-17-25(35)33-21-12-14-23(15-13-21)39-22-6-4-3-5-7-22/h3-15,18,26-27H,17H2,1-2H3,(H,33,35)(H,34,36)/t26-,27+/m0/s1. The third-order valence-corrected chi connectivity index (χ3v) is 7.10. The predicted molar refractivity (Wildman–Crippen MR) is 154 cm³/mol. The van der Waals surface area contributed by atoms with Gasteiger partial charge in [-0.3, -0.25) is 14.4 Å². The van der Waals surface area contributed by atoms with Gasteiger partial charge in [0.25, 0.3) is 0 Å². The van der Waals surface area contributed by atoms with Crippen LogP contribution in [0.3, 0.4) is 0 Å². The summed E-state index contributed by atoms with van der Waals surface area (Å²) in [4.78, 5) is 38.8. The van der Waals surface area contributed by atoms with E-state index in [2.05, 4.69) is 16.7 Å². The van der Waals surface area contributed by atoms with Crippen LogP contribution in [0.1, 0.15) is 25.3 Å². The summed E-state index contributed by atoms with van der Waals surface area (Å²) < 4.78 is 11.1. The molecule has 2 amide bonds. The Labute approximate surface area is 241 Å². The number of amides is 2. The molecule has 3 aromatic rings. The number of carbonyl (C=O) groups excluding carboxylic acids is 3. The average molecular weight is 576 g/mol. The van der Waals surface area contributed by atoms with E-state index in [-0.39, 0.29) is 22.3 Å². The first-order valence-corrected chi connectivity index (χ1v) is 13.8. The van der Waals surface area contributed by atoms with Gasteiger partial charge in [-0.15, -0.1) is 0 Å². The normalized spacial score (nSPS) is 16.6. The number of para-hydroxylation sites is 1. The summed E-state index contributed by atoms with van der Waals surface area (Å²) in [6.07, 6.45) is -0.445. The van der Waals surface area contributed by atoms with E-state index in [9.17, 15) is 19.6 Å². The number of ether oxygens (including phenoxy) is 2. The van der Waals surface area contributed by atoms with Crippen LogP contribution in [0, 0.1) is 17.2 Å². The van der Waals surface area contributed by atoms with Crippen molar-refractivity contribution in [3.8, 4) is 17.6 Å². The summed E-state index contributed by atoms with van der Waals surface area (Å²) in [5.74, 6) is -2.63. The molecule has 204 valence electrons. The summed E-state index contributed by atoms with van der Waals surface area (Å²) in [6, 6.07) is 24.9. The summed E-state index contributed by atoms with van der Waals surface area (Å²) in [5, 5.41) is 16.2. The van der Waals surface area contributed by atoms with Crippen molar-refractivity contribution < 1.29 is 23.9 Å². The Kier molecular flexibility index (Phi) is 9.48. The van der Waals surface area contributed by atoms with Crippen LogP contribution in [0.25, 0.3) is 0 Å². The Hall–Kier alpha value is -4.26. The molecule has 2 atom stereocenters. The molecule has 0 bridgehead atoms. The molecular weight excluding hydrogens is 550 g/mol. The number of esters is 1. The van der Waals surface area contributed by atoms with Crippen LogP contribution in [-0.2, 0) is 19.1 Å². The summed E-state index contributed by atoms with van der Waals surface area (Å²) >= 11 is 7.04. The maximum atomic E-state index is 13.1. The van der Waals surface area contributed by atoms with Crippen molar-refractivity contribution in [2.24, 2.45) is 5.92 Å². The van der Waals surface area contributed by atoms with Gasteiger partial charge >= 0.3 is 5.97 Å². The monoisotopic (exact) mass is 575 g/mol. The van der Waals surface area contributed by atoms with E-state index in [0.717, 1.165) is 11.8 Å². The number of nitrogens with zero attached hydrogens (tertiary/aromatic N) is 1. The van der Waals surface area contributed by atoms with E-state index in [4.69, 9.17) is 21.1 Å². The molecular formula is C30H26ClN3O5S. The first kappa shape index (κ1) is 28.7. The Bertz CT molecular complexity index is 1450. The van der Waals surface area contributed by atoms with Crippen molar-refractivity contribution in [3.63, 3.8) is 0 Å². The molecule has 0 spiro atoms. The zero-order valence-corrected chi connectivity index (χ0v) is 23.3. The fraction of sp³-hybridized carbons (Fsp3) is 0.200. The fourth-order valence-corrected chi connectivity index (χ4v) is 5.07. The largest absolute Gasteiger partial charge is 0.462 e. The maximum absolute atomic E-state index is 13.1. The summed E-state index contributed by atoms with van der Waals surface area (Å²) in [6.45, 7) is 3.36. The first-order chi connectivity index (χ1) is 19.2. The van der Waals surface area contributed by atoms with Gasteiger partial charge in [-0.1, -0.05) is 53.7 Å². The number of thioether (sulfide) groups is 1. The van der Waals surface area contributed by atoms with E-state index in [1.54, 1.807) is 62.4 Å². The van der Waals surface area contributed by atoms with Crippen molar-refractivity contribution in [3.05, 3.63) is 100 Å². The molecule has 10 heteroatoms. The van der Waals surface area contributed by atoms with Crippen LogP contribution in [-0.4, -0.2) is 29.6 Å². The molecule has 0 radical (unpaired) electrons. The van der Waals surface area contributed by atoms with Gasteiger partial charge < -0.3 is 20.1 Å². The Balaban J connectivity index is 1.49. The number of halogens is 1. The van der Waals surface area contributed by atoms with Crippen molar-refractivity contribution in [1.82, 2.24) is 5.32 Å². The zero-order chi connectivity index (χ0) is 28.6. The van der Waals surface area contributed by atoms with Gasteiger partial charge in [-0.25, -0.2) is 0 Å². The number of allylic oxidation sites excluding steroid dienone is 1. The molecule has 8 nitrogen and oxygen atoms in total. The second-order valence-corrected chi connectivity index (χ2v) is 10.5. The number of nitriles is 1. The van der Waals surface area contributed by atoms with E-state index in [0.29, 0.717) is 27.8 Å². The lowest BCUT2D eigenvalue weighted by atomic mass is 9.78. The smallest absolute Gasteiger partial charge is 0.319 e. The molecule has 0 saturated carbocycles. The van der Waals surface area contributed by atoms with Crippen LogP contribution in [0.2, 0.25) is 5.02 Å². The molecule has 0 fully saturated rings. The SMILES string of the molecule is CC(C)OC(=O)[C@H]1C(=O)NC(SCC(=O)Nc2ccc(Oc3ccccc3)cc2)=C(C#N)[C@@H]1c1ccc(Cl)cc1. The zero-order valence-electron chi connectivity index (χ0n) is 21.7. The number of rotatable bonds is 9. The predicted octanol–water partition coefficient (Wildman–Crippen LogP) is 6.02. The number of anilines is 1. The molecule has 1 heterocycles. The van der Waals surface area contributed by atoms with Gasteiger partial charge in [-0.05, 0) is 67.9 Å². The molecule has 0 unspecified atom stereocenters. The number of benzene rings is 3. The van der Waals surface area contributed by atoms with Crippen LogP contribution < -0.4 is 15.4 Å². The average Bonchev–Trinajstić information content (AvgIpc) is 2.93. The second kappa shape index (κ2) is 13.2. The van der Waals surface area contributed by atoms with Crippen LogP contribution in [0.4, 0.5) is 5.69 Å². The topological polar surface area (TPSA) is 118 Å². The number of hydrogen-bond acceptors (Lipinski definition) is 7. The van der Waals surface area contributed by atoms with Gasteiger partial charge in [0.05, 0.1) is 28.5 Å². The van der Waals surface area contributed by atoms with Crippen LogP contribution in [0.5, 0.6) is 11.5 Å². The molecule has 0 aliphatic carbocycles. The summed E-state index contributed by atoms with van der Waals surface area (Å²) in [7, 11) is 0. The highest BCUT2D eigenvalue weighted by atomic mass is 35.5. The minimum absolute atomic E-state index is 0.0858. The second-order valence-electron chi connectivity index (χ2n) is 9.11. The summed E-state index contributed by atoms with van der Waals surface area (Å²) in [5.41, 5.74) is 1.28. The molecule has 1 aliphatic heterocycles. The lowest BCUT2D eigenvalue weighted by Crippen LogP contribution is -2.45. The molecule has 3 aromatic carbocycles. The maximum Gasteiger partial charge on any atom is 0.319 e. The molecule has 4 rings (SSSR count). The third kappa shape index (κ3) is 7.23. The van der Waals surface area contributed by atoms with Crippen LogP contribution in [0.15, 0.2) is 89.5 Å². The minimum atomic E-state index is -1.27. The Morgan fingerprint density at radius 1 is 1.02 bits per heavy atom. The minimum Gasteiger partial charge on any atom is -0.462 e. The molecule has 40 heavy (non-hydrogen) atoms. The van der Waals surface area contributed by atoms with E-state index in [1.165, 1.54) is 0 Å². The van der Waals surface area contributed by atoms with Crippen molar-refractivity contribution in [2.45, 2.75) is 25.9 Å². The molecule has 1 aliphatic rings. The van der Waals surface area contributed by atoms with Gasteiger partial charge in [0.2, 0.25) is 11.8 Å². The van der Waals surface area contributed by atoms with E-state index in [1.807, 2.05) is 30.3 Å². The molecule has 0 saturated heterocycles. The first-order valence-electron chi connectivity index (χ1n) is 12.4. The number of hydrogen-bond donors (Lipinski definition) is 2. The molecule has 2 N–H and O–H groups in total. The lowest BCUT2D eigenvalue weighted by Gasteiger charge is -2.31.